The summed E-state index contributed by atoms with van der Waals surface area (Å²) in [7, 11) is 0. The molecule has 2 aliphatic carbocycles. The molecule has 1 aliphatic heterocycles. The van der Waals surface area contributed by atoms with E-state index in [-0.39, 0.29) is 17.7 Å². The van der Waals surface area contributed by atoms with Crippen molar-refractivity contribution in [2.24, 2.45) is 11.7 Å². The van der Waals surface area contributed by atoms with Crippen LogP contribution in [-0.2, 0) is 15.0 Å². The molecule has 3 aliphatic rings. The molecule has 2 amide bonds. The van der Waals surface area contributed by atoms with E-state index in [1.54, 1.807) is 11.8 Å². The van der Waals surface area contributed by atoms with Crippen LogP contribution in [0.25, 0.3) is 0 Å². The molecular formula is C20H24N2O2S. The Bertz CT molecular complexity index is 722. The van der Waals surface area contributed by atoms with Gasteiger partial charge in [-0.1, -0.05) is 49.6 Å². The van der Waals surface area contributed by atoms with Crippen molar-refractivity contribution in [2.45, 2.75) is 55.6 Å². The molecule has 1 aromatic rings. The van der Waals surface area contributed by atoms with Gasteiger partial charge < -0.3 is 11.1 Å². The highest BCUT2D eigenvalue weighted by atomic mass is 32.2. The van der Waals surface area contributed by atoms with Gasteiger partial charge in [-0.15, -0.1) is 11.8 Å². The lowest BCUT2D eigenvalue weighted by molar-refractivity contribution is -0.125. The van der Waals surface area contributed by atoms with Gasteiger partial charge in [-0.05, 0) is 31.2 Å². The van der Waals surface area contributed by atoms with Crippen molar-refractivity contribution in [3.63, 3.8) is 0 Å². The minimum Gasteiger partial charge on any atom is -0.366 e. The van der Waals surface area contributed by atoms with Crippen molar-refractivity contribution >= 4 is 23.6 Å². The number of nitrogens with two attached hydrogens (primary N) is 1. The fraction of sp³-hybridized carbons (Fsp3) is 0.500. The SMILES string of the molecule is NC(=O)C1=C(NC(=O)C2(c3ccccc3)CCCC2)S[C@@H]2CCC[C@H]12. The largest absolute Gasteiger partial charge is 0.366 e. The fourth-order valence-corrected chi connectivity index (χ4v) is 6.33. The van der Waals surface area contributed by atoms with Gasteiger partial charge in [0.15, 0.2) is 0 Å². The normalized spacial score (nSPS) is 27.4. The molecule has 4 rings (SSSR count). The number of carbonyl (C=O) groups is 2. The van der Waals surface area contributed by atoms with Crippen molar-refractivity contribution in [1.82, 2.24) is 5.32 Å². The first-order chi connectivity index (χ1) is 12.1. The van der Waals surface area contributed by atoms with E-state index in [4.69, 9.17) is 5.73 Å². The second-order valence-electron chi connectivity index (χ2n) is 7.41. The number of hydrogen-bond acceptors (Lipinski definition) is 3. The molecule has 25 heavy (non-hydrogen) atoms. The molecule has 0 bridgehead atoms. The zero-order valence-electron chi connectivity index (χ0n) is 14.3. The summed E-state index contributed by atoms with van der Waals surface area (Å²) in [5.41, 5.74) is 6.91. The van der Waals surface area contributed by atoms with E-state index < -0.39 is 5.41 Å². The van der Waals surface area contributed by atoms with Crippen molar-refractivity contribution in [2.75, 3.05) is 0 Å². The summed E-state index contributed by atoms with van der Waals surface area (Å²) in [6.45, 7) is 0. The Morgan fingerprint density at radius 1 is 1.08 bits per heavy atom. The Balaban J connectivity index is 1.64. The first kappa shape index (κ1) is 16.7. The Labute approximate surface area is 152 Å². The molecule has 5 heteroatoms. The Morgan fingerprint density at radius 2 is 1.80 bits per heavy atom. The molecule has 2 saturated carbocycles. The minimum atomic E-state index is -0.477. The number of benzene rings is 1. The van der Waals surface area contributed by atoms with Crippen LogP contribution in [0, 0.1) is 5.92 Å². The third-order valence-corrected chi connectivity index (χ3v) is 7.47. The lowest BCUT2D eigenvalue weighted by Gasteiger charge is -2.28. The molecule has 2 fully saturated rings. The van der Waals surface area contributed by atoms with E-state index in [1.165, 1.54) is 0 Å². The first-order valence-corrected chi connectivity index (χ1v) is 10.1. The Hall–Kier alpha value is -1.75. The minimum absolute atomic E-state index is 0.0254. The van der Waals surface area contributed by atoms with Gasteiger partial charge in [-0.3, -0.25) is 9.59 Å². The quantitative estimate of drug-likeness (QED) is 0.870. The van der Waals surface area contributed by atoms with Crippen LogP contribution in [-0.4, -0.2) is 17.1 Å². The van der Waals surface area contributed by atoms with Gasteiger partial charge in [-0.25, -0.2) is 0 Å². The molecule has 0 aromatic heterocycles. The number of nitrogens with one attached hydrogen (secondary N) is 1. The second-order valence-corrected chi connectivity index (χ2v) is 8.66. The van der Waals surface area contributed by atoms with Crippen molar-refractivity contribution in [3.05, 3.63) is 46.5 Å². The molecule has 0 unspecified atom stereocenters. The molecule has 2 atom stereocenters. The molecule has 4 nitrogen and oxygen atoms in total. The number of primary amides is 1. The number of thioether (sulfide) groups is 1. The summed E-state index contributed by atoms with van der Waals surface area (Å²) in [5, 5.41) is 4.24. The summed E-state index contributed by atoms with van der Waals surface area (Å²) in [5.74, 6) is -0.135. The first-order valence-electron chi connectivity index (χ1n) is 9.19. The number of carbonyl (C=O) groups excluding carboxylic acids is 2. The van der Waals surface area contributed by atoms with Crippen molar-refractivity contribution < 1.29 is 9.59 Å². The van der Waals surface area contributed by atoms with Crippen LogP contribution in [0.3, 0.4) is 0 Å². The zero-order chi connectivity index (χ0) is 17.4. The highest BCUT2D eigenvalue weighted by molar-refractivity contribution is 8.04. The van der Waals surface area contributed by atoms with E-state index in [0.29, 0.717) is 10.8 Å². The van der Waals surface area contributed by atoms with Gasteiger partial charge >= 0.3 is 0 Å². The van der Waals surface area contributed by atoms with Crippen LogP contribution >= 0.6 is 11.8 Å². The summed E-state index contributed by atoms with van der Waals surface area (Å²) >= 11 is 1.65. The van der Waals surface area contributed by atoms with Gasteiger partial charge in [0.1, 0.15) is 0 Å². The van der Waals surface area contributed by atoms with E-state index in [0.717, 1.165) is 55.5 Å². The maximum absolute atomic E-state index is 13.3. The molecular weight excluding hydrogens is 332 g/mol. The topological polar surface area (TPSA) is 72.2 Å². The average Bonchev–Trinajstić information content (AvgIpc) is 3.31. The highest BCUT2D eigenvalue weighted by Crippen LogP contribution is 2.50. The number of hydrogen-bond donors (Lipinski definition) is 2. The van der Waals surface area contributed by atoms with Gasteiger partial charge in [0.25, 0.3) is 0 Å². The van der Waals surface area contributed by atoms with Gasteiger partial charge in [-0.2, -0.15) is 0 Å². The van der Waals surface area contributed by atoms with Crippen molar-refractivity contribution in [1.29, 1.82) is 0 Å². The molecule has 3 N–H and O–H groups in total. The van der Waals surface area contributed by atoms with E-state index in [1.807, 2.05) is 30.3 Å². The number of amides is 2. The molecule has 1 aromatic carbocycles. The van der Waals surface area contributed by atoms with Gasteiger partial charge in [0.2, 0.25) is 11.8 Å². The molecule has 0 radical (unpaired) electrons. The number of fused-ring (bicyclic) bond motifs is 1. The van der Waals surface area contributed by atoms with Crippen LogP contribution < -0.4 is 11.1 Å². The molecule has 0 spiro atoms. The van der Waals surface area contributed by atoms with Crippen LogP contribution in [0.2, 0.25) is 0 Å². The Morgan fingerprint density at radius 3 is 2.48 bits per heavy atom. The predicted molar refractivity (Wildman–Crippen MR) is 99.7 cm³/mol. The zero-order valence-corrected chi connectivity index (χ0v) is 15.1. The summed E-state index contributed by atoms with van der Waals surface area (Å²) in [6, 6.07) is 10.1. The van der Waals surface area contributed by atoms with Gasteiger partial charge in [0, 0.05) is 11.2 Å². The molecule has 0 saturated heterocycles. The average molecular weight is 356 g/mol. The summed E-state index contributed by atoms with van der Waals surface area (Å²) < 4.78 is 0. The van der Waals surface area contributed by atoms with Crippen LogP contribution in [0.4, 0.5) is 0 Å². The lowest BCUT2D eigenvalue weighted by atomic mass is 9.78. The lowest BCUT2D eigenvalue weighted by Crippen LogP contribution is -2.42. The van der Waals surface area contributed by atoms with Crippen molar-refractivity contribution in [3.8, 4) is 0 Å². The fourth-order valence-electron chi connectivity index (χ4n) is 4.78. The maximum Gasteiger partial charge on any atom is 0.247 e. The van der Waals surface area contributed by atoms with E-state index in [2.05, 4.69) is 5.32 Å². The smallest absolute Gasteiger partial charge is 0.247 e. The summed E-state index contributed by atoms with van der Waals surface area (Å²) in [4.78, 5) is 25.3. The monoisotopic (exact) mass is 356 g/mol. The standard InChI is InChI=1S/C20H24N2O2S/c21-17(23)16-14-9-6-10-15(14)25-18(16)22-19(24)20(11-4-5-12-20)13-7-2-1-3-8-13/h1-3,7-8,14-15H,4-6,9-12H2,(H2,21,23)(H,22,24)/t14-,15+/m0/s1. The van der Waals surface area contributed by atoms with E-state index in [9.17, 15) is 9.59 Å². The molecule has 132 valence electrons. The maximum atomic E-state index is 13.3. The predicted octanol–water partition coefficient (Wildman–Crippen LogP) is 3.23. The summed E-state index contributed by atoms with van der Waals surface area (Å²) in [6.07, 6.45) is 7.06. The molecule has 1 heterocycles. The van der Waals surface area contributed by atoms with Crippen LogP contribution in [0.1, 0.15) is 50.5 Å². The highest BCUT2D eigenvalue weighted by Gasteiger charge is 2.46. The van der Waals surface area contributed by atoms with E-state index >= 15 is 0 Å². The third kappa shape index (κ3) is 2.78. The van der Waals surface area contributed by atoms with Gasteiger partial charge in [0.05, 0.1) is 16.0 Å². The van der Waals surface area contributed by atoms with Crippen LogP contribution in [0.5, 0.6) is 0 Å². The third-order valence-electron chi connectivity index (χ3n) is 6.05. The second kappa shape index (κ2) is 6.52. The number of rotatable bonds is 4. The van der Waals surface area contributed by atoms with Crippen LogP contribution in [0.15, 0.2) is 40.9 Å². The Kier molecular flexibility index (Phi) is 4.36.